The van der Waals surface area contributed by atoms with Crippen LogP contribution in [0.4, 0.5) is 0 Å². The van der Waals surface area contributed by atoms with Gasteiger partial charge in [0.2, 0.25) is 0 Å². The predicted octanol–water partition coefficient (Wildman–Crippen LogP) is 4.97. The first-order valence-corrected chi connectivity index (χ1v) is 11.0. The van der Waals surface area contributed by atoms with E-state index in [2.05, 4.69) is 39.6 Å². The number of hydrogen-bond donors (Lipinski definition) is 1. The smallest absolute Gasteiger partial charge is 0.337 e. The maximum atomic E-state index is 12.6. The monoisotopic (exact) mass is 424 g/mol. The van der Waals surface area contributed by atoms with E-state index in [0.717, 1.165) is 29.8 Å². The van der Waals surface area contributed by atoms with Crippen molar-refractivity contribution in [3.63, 3.8) is 0 Å². The van der Waals surface area contributed by atoms with Gasteiger partial charge in [-0.2, -0.15) is 0 Å². The molecule has 6 nitrogen and oxygen atoms in total. The molecule has 6 heteroatoms. The van der Waals surface area contributed by atoms with Gasteiger partial charge in [-0.25, -0.2) is 4.79 Å². The van der Waals surface area contributed by atoms with Crippen molar-refractivity contribution in [2.75, 3.05) is 0 Å². The maximum Gasteiger partial charge on any atom is 0.337 e. The van der Waals surface area contributed by atoms with Crippen LogP contribution in [0.2, 0.25) is 0 Å². The first-order valence-electron chi connectivity index (χ1n) is 11.0. The van der Waals surface area contributed by atoms with Crippen LogP contribution >= 0.6 is 0 Å². The molecule has 1 N–H and O–H groups in total. The molecule has 2 atom stereocenters. The highest BCUT2D eigenvalue weighted by molar-refractivity contribution is 6.20. The first kappa shape index (κ1) is 22.8. The average molecular weight is 425 g/mol. The fraction of sp³-hybridized carbons (Fsp3) is 0.480. The Balaban J connectivity index is 1.78. The van der Waals surface area contributed by atoms with Gasteiger partial charge in [0.15, 0.2) is 0 Å². The molecule has 1 aliphatic heterocycles. The molecule has 166 valence electrons. The number of amides is 2. The van der Waals surface area contributed by atoms with Gasteiger partial charge >= 0.3 is 5.97 Å². The van der Waals surface area contributed by atoms with Gasteiger partial charge in [-0.1, -0.05) is 64.7 Å². The molecule has 0 saturated heterocycles. The van der Waals surface area contributed by atoms with Crippen LogP contribution in [0.5, 0.6) is 0 Å². The zero-order valence-electron chi connectivity index (χ0n) is 19.2. The second kappa shape index (κ2) is 8.69. The van der Waals surface area contributed by atoms with Crippen LogP contribution in [0, 0.1) is 18.8 Å². The minimum absolute atomic E-state index is 0.0210. The molecule has 0 radical (unpaired) electrons. The lowest BCUT2D eigenvalue weighted by atomic mass is 9.65. The molecule has 2 aromatic rings. The van der Waals surface area contributed by atoms with Crippen molar-refractivity contribution < 1.29 is 19.2 Å². The van der Waals surface area contributed by atoms with Crippen molar-refractivity contribution in [2.45, 2.75) is 66.2 Å². The number of aromatic nitrogens is 1. The summed E-state index contributed by atoms with van der Waals surface area (Å²) in [5.41, 5.74) is 3.26. The van der Waals surface area contributed by atoms with Gasteiger partial charge in [0.1, 0.15) is 0 Å². The summed E-state index contributed by atoms with van der Waals surface area (Å²) in [6, 6.07) is 8.49. The van der Waals surface area contributed by atoms with E-state index in [0.29, 0.717) is 16.9 Å². The number of aromatic amines is 1. The van der Waals surface area contributed by atoms with E-state index in [-0.39, 0.29) is 23.0 Å². The second-order valence-corrected chi connectivity index (χ2v) is 8.82. The Kier molecular flexibility index (Phi) is 6.39. The highest BCUT2D eigenvalue weighted by Gasteiger charge is 2.40. The number of imide groups is 1. The van der Waals surface area contributed by atoms with Crippen molar-refractivity contribution in [1.29, 1.82) is 0 Å². The summed E-state index contributed by atoms with van der Waals surface area (Å²) in [7, 11) is 0. The van der Waals surface area contributed by atoms with Gasteiger partial charge in [-0.15, -0.1) is 0 Å². The molecule has 1 aromatic heterocycles. The lowest BCUT2D eigenvalue weighted by molar-refractivity contribution is -0.167. The van der Waals surface area contributed by atoms with Gasteiger partial charge in [0.05, 0.1) is 17.5 Å². The quantitative estimate of drug-likeness (QED) is 0.607. The van der Waals surface area contributed by atoms with E-state index in [9.17, 15) is 14.4 Å². The Labute approximate surface area is 183 Å². The van der Waals surface area contributed by atoms with Crippen LogP contribution < -0.4 is 0 Å². The lowest BCUT2D eigenvalue weighted by Crippen LogP contribution is -2.37. The van der Waals surface area contributed by atoms with Gasteiger partial charge in [0.25, 0.3) is 11.8 Å². The number of hydroxylamine groups is 2. The minimum Gasteiger partial charge on any atom is -0.362 e. The van der Waals surface area contributed by atoms with Crippen LogP contribution in [0.15, 0.2) is 30.3 Å². The third-order valence-electron chi connectivity index (χ3n) is 7.26. The second-order valence-electron chi connectivity index (χ2n) is 8.82. The van der Waals surface area contributed by atoms with E-state index in [1.54, 1.807) is 24.3 Å². The SMILES string of the molecule is CCC(C)C(C)(c1cc(CC(=O)ON2C(=O)c3ccccc3C2=O)c(C)[nH]1)C(C)CC. The standard InChI is InChI=1S/C25H32N2O4/c1-7-15(3)25(6,16(4)8-2)21-13-18(17(5)26-21)14-22(28)31-27-23(29)19-11-9-10-12-20(19)24(27)30/h9-13,15-16,26H,7-8,14H2,1-6H3. The average Bonchev–Trinajstić information content (AvgIpc) is 3.25. The van der Waals surface area contributed by atoms with Crippen molar-refractivity contribution in [3.05, 3.63) is 58.4 Å². The maximum absolute atomic E-state index is 12.6. The number of benzene rings is 1. The van der Waals surface area contributed by atoms with Crippen molar-refractivity contribution in [3.8, 4) is 0 Å². The van der Waals surface area contributed by atoms with Gasteiger partial charge < -0.3 is 9.82 Å². The molecule has 1 aliphatic rings. The molecule has 0 spiro atoms. The molecule has 31 heavy (non-hydrogen) atoms. The van der Waals surface area contributed by atoms with E-state index in [1.165, 1.54) is 0 Å². The van der Waals surface area contributed by atoms with E-state index in [1.807, 2.05) is 13.0 Å². The number of aryl methyl sites for hydroxylation is 1. The summed E-state index contributed by atoms with van der Waals surface area (Å²) in [5, 5.41) is 0.568. The van der Waals surface area contributed by atoms with E-state index in [4.69, 9.17) is 4.84 Å². The molecule has 1 aromatic carbocycles. The number of carbonyl (C=O) groups is 3. The Bertz CT molecular complexity index is 962. The molecule has 0 aliphatic carbocycles. The lowest BCUT2D eigenvalue weighted by Gasteiger charge is -2.40. The zero-order valence-corrected chi connectivity index (χ0v) is 19.2. The van der Waals surface area contributed by atoms with Crippen molar-refractivity contribution in [1.82, 2.24) is 10.0 Å². The van der Waals surface area contributed by atoms with Crippen LogP contribution in [-0.4, -0.2) is 27.8 Å². The summed E-state index contributed by atoms with van der Waals surface area (Å²) in [4.78, 5) is 46.2. The van der Waals surface area contributed by atoms with Crippen LogP contribution in [0.25, 0.3) is 0 Å². The molecule has 0 fully saturated rings. The number of H-pyrrole nitrogens is 1. The molecule has 0 saturated carbocycles. The largest absolute Gasteiger partial charge is 0.362 e. The van der Waals surface area contributed by atoms with Crippen molar-refractivity contribution >= 4 is 17.8 Å². The third-order valence-corrected chi connectivity index (χ3v) is 7.26. The molecule has 2 amide bonds. The molecular weight excluding hydrogens is 392 g/mol. The number of nitrogens with zero attached hydrogens (tertiary/aromatic N) is 1. The Morgan fingerprint density at radius 3 is 2.06 bits per heavy atom. The number of rotatable bonds is 8. The number of fused-ring (bicyclic) bond motifs is 1. The molecule has 3 rings (SSSR count). The summed E-state index contributed by atoms with van der Waals surface area (Å²) in [5.74, 6) is -0.947. The summed E-state index contributed by atoms with van der Waals surface area (Å²) in [6.45, 7) is 13.1. The Morgan fingerprint density at radius 1 is 1.06 bits per heavy atom. The molecule has 2 unspecified atom stereocenters. The van der Waals surface area contributed by atoms with Crippen LogP contribution in [0.3, 0.4) is 0 Å². The van der Waals surface area contributed by atoms with Gasteiger partial charge in [0, 0.05) is 16.8 Å². The Morgan fingerprint density at radius 2 is 1.58 bits per heavy atom. The predicted molar refractivity (Wildman–Crippen MR) is 119 cm³/mol. The Hall–Kier alpha value is -2.89. The summed E-state index contributed by atoms with van der Waals surface area (Å²) >= 11 is 0. The van der Waals surface area contributed by atoms with Crippen LogP contribution in [0.1, 0.15) is 85.1 Å². The molecule has 2 heterocycles. The van der Waals surface area contributed by atoms with Gasteiger partial charge in [-0.3, -0.25) is 9.59 Å². The summed E-state index contributed by atoms with van der Waals surface area (Å²) < 4.78 is 0. The normalized spacial score (nSPS) is 17.3. The van der Waals surface area contributed by atoms with E-state index < -0.39 is 17.8 Å². The third kappa shape index (κ3) is 3.91. The molecular formula is C25H32N2O4. The number of nitrogens with one attached hydrogen (secondary N) is 1. The molecule has 0 bridgehead atoms. The summed E-state index contributed by atoms with van der Waals surface area (Å²) in [6.07, 6.45) is 2.08. The van der Waals surface area contributed by atoms with Gasteiger partial charge in [-0.05, 0) is 42.5 Å². The fourth-order valence-electron chi connectivity index (χ4n) is 4.48. The topological polar surface area (TPSA) is 79.5 Å². The highest BCUT2D eigenvalue weighted by atomic mass is 16.7. The zero-order chi connectivity index (χ0) is 22.9. The van der Waals surface area contributed by atoms with Crippen LogP contribution in [-0.2, 0) is 21.5 Å². The number of hydrogen-bond acceptors (Lipinski definition) is 4. The minimum atomic E-state index is -0.642. The first-order chi connectivity index (χ1) is 14.6. The highest BCUT2D eigenvalue weighted by Crippen LogP contribution is 2.42. The number of carbonyl (C=O) groups excluding carboxylic acids is 3. The van der Waals surface area contributed by atoms with Crippen molar-refractivity contribution in [2.24, 2.45) is 11.8 Å². The fourth-order valence-corrected chi connectivity index (χ4v) is 4.48. The van der Waals surface area contributed by atoms with E-state index >= 15 is 0 Å².